The predicted molar refractivity (Wildman–Crippen MR) is 97.3 cm³/mol. The molecule has 7 nitrogen and oxygen atoms in total. The molecular formula is C19H30N4O3. The summed E-state index contributed by atoms with van der Waals surface area (Å²) >= 11 is 0. The number of aryl methyl sites for hydroxylation is 1. The van der Waals surface area contributed by atoms with Crippen LogP contribution in [0.4, 0.5) is 4.79 Å². The molecule has 0 unspecified atom stereocenters. The number of hydrogen-bond acceptors (Lipinski definition) is 4. The lowest BCUT2D eigenvalue weighted by atomic mass is 9.95. The van der Waals surface area contributed by atoms with Crippen molar-refractivity contribution in [1.82, 2.24) is 19.4 Å². The Labute approximate surface area is 155 Å². The van der Waals surface area contributed by atoms with Crippen LogP contribution in [0.1, 0.15) is 52.3 Å². The minimum Gasteiger partial charge on any atom is -0.444 e. The van der Waals surface area contributed by atoms with Gasteiger partial charge in [0.25, 0.3) is 0 Å². The smallest absolute Gasteiger partial charge is 0.410 e. The van der Waals surface area contributed by atoms with Gasteiger partial charge in [0.2, 0.25) is 5.91 Å². The van der Waals surface area contributed by atoms with Crippen LogP contribution in [0.5, 0.6) is 0 Å². The molecule has 2 heterocycles. The molecule has 1 aliphatic carbocycles. The molecule has 0 aromatic carbocycles. The topological polar surface area (TPSA) is 67.7 Å². The zero-order valence-corrected chi connectivity index (χ0v) is 16.3. The van der Waals surface area contributed by atoms with Crippen molar-refractivity contribution in [3.05, 3.63) is 18.2 Å². The highest BCUT2D eigenvalue weighted by Crippen LogP contribution is 2.31. The van der Waals surface area contributed by atoms with E-state index in [9.17, 15) is 9.59 Å². The molecular weight excluding hydrogens is 332 g/mol. The van der Waals surface area contributed by atoms with Crippen LogP contribution in [0.15, 0.2) is 12.4 Å². The van der Waals surface area contributed by atoms with E-state index in [-0.39, 0.29) is 17.9 Å². The van der Waals surface area contributed by atoms with Crippen molar-refractivity contribution in [1.29, 1.82) is 0 Å². The van der Waals surface area contributed by atoms with Crippen molar-refractivity contribution in [3.63, 3.8) is 0 Å². The van der Waals surface area contributed by atoms with Crippen molar-refractivity contribution in [3.8, 4) is 0 Å². The monoisotopic (exact) mass is 362 g/mol. The van der Waals surface area contributed by atoms with Gasteiger partial charge in [-0.2, -0.15) is 0 Å². The summed E-state index contributed by atoms with van der Waals surface area (Å²) in [5.41, 5.74) is -0.491. The first kappa shape index (κ1) is 18.7. The second-order valence-electron chi connectivity index (χ2n) is 8.39. The van der Waals surface area contributed by atoms with E-state index in [1.54, 1.807) is 11.1 Å². The Morgan fingerprint density at radius 3 is 2.38 bits per heavy atom. The number of ether oxygens (including phenoxy) is 1. The second kappa shape index (κ2) is 7.29. The summed E-state index contributed by atoms with van der Waals surface area (Å²) in [6.45, 7) is 7.32. The number of rotatable bonds is 4. The number of carbonyl (C=O) groups excluding carboxylic acids is 2. The van der Waals surface area contributed by atoms with E-state index in [1.807, 2.05) is 43.5 Å². The van der Waals surface area contributed by atoms with E-state index >= 15 is 0 Å². The molecule has 0 bridgehead atoms. The van der Waals surface area contributed by atoms with E-state index in [4.69, 9.17) is 4.74 Å². The average molecular weight is 362 g/mol. The lowest BCUT2D eigenvalue weighted by Crippen LogP contribution is -2.46. The standard InChI is InChI=1S/C19H30N4O3/c1-19(2,3)26-18(25)22-10-7-14(8-11-22)17(24)23(15-5-6-15)13-16-20-9-12-21(16)4/h9,12,14-15H,5-8,10-11,13H2,1-4H3. The van der Waals surface area contributed by atoms with E-state index in [1.165, 1.54) is 0 Å². The third-order valence-corrected chi connectivity index (χ3v) is 5.00. The molecule has 0 N–H and O–H groups in total. The maximum Gasteiger partial charge on any atom is 0.410 e. The third-order valence-electron chi connectivity index (χ3n) is 5.00. The number of nitrogens with zero attached hydrogens (tertiary/aromatic N) is 4. The quantitative estimate of drug-likeness (QED) is 0.825. The van der Waals surface area contributed by atoms with Gasteiger partial charge in [0, 0.05) is 44.5 Å². The molecule has 2 aliphatic rings. The minimum atomic E-state index is -0.491. The highest BCUT2D eigenvalue weighted by atomic mass is 16.6. The minimum absolute atomic E-state index is 0.0189. The molecule has 3 rings (SSSR count). The lowest BCUT2D eigenvalue weighted by molar-refractivity contribution is -0.138. The van der Waals surface area contributed by atoms with Crippen molar-refractivity contribution in [2.45, 2.75) is 64.6 Å². The van der Waals surface area contributed by atoms with Crippen molar-refractivity contribution >= 4 is 12.0 Å². The highest BCUT2D eigenvalue weighted by molar-refractivity contribution is 5.80. The molecule has 1 aromatic heterocycles. The van der Waals surface area contributed by atoms with Crippen LogP contribution in [0.2, 0.25) is 0 Å². The third kappa shape index (κ3) is 4.56. The summed E-state index contributed by atoms with van der Waals surface area (Å²) in [7, 11) is 1.96. The van der Waals surface area contributed by atoms with Gasteiger partial charge < -0.3 is 19.1 Å². The van der Waals surface area contributed by atoms with Crippen LogP contribution >= 0.6 is 0 Å². The van der Waals surface area contributed by atoms with E-state index < -0.39 is 5.60 Å². The molecule has 0 spiro atoms. The van der Waals surface area contributed by atoms with E-state index in [2.05, 4.69) is 4.98 Å². The number of aromatic nitrogens is 2. The number of likely N-dealkylation sites (tertiary alicyclic amines) is 1. The van der Waals surface area contributed by atoms with Crippen molar-refractivity contribution in [2.24, 2.45) is 13.0 Å². The summed E-state index contributed by atoms with van der Waals surface area (Å²) in [5, 5.41) is 0. The molecule has 1 saturated carbocycles. The fourth-order valence-corrected chi connectivity index (χ4v) is 3.34. The van der Waals surface area contributed by atoms with E-state index in [0.29, 0.717) is 38.5 Å². The first-order valence-electron chi connectivity index (χ1n) is 9.49. The number of imidazole rings is 1. The molecule has 2 amide bonds. The fraction of sp³-hybridized carbons (Fsp3) is 0.737. The maximum absolute atomic E-state index is 13.1. The van der Waals surface area contributed by atoms with Gasteiger partial charge in [-0.1, -0.05) is 0 Å². The largest absolute Gasteiger partial charge is 0.444 e. The van der Waals surface area contributed by atoms with Crippen molar-refractivity contribution in [2.75, 3.05) is 13.1 Å². The summed E-state index contributed by atoms with van der Waals surface area (Å²) in [6, 6.07) is 0.350. The molecule has 1 saturated heterocycles. The van der Waals surface area contributed by atoms with Gasteiger partial charge in [0.15, 0.2) is 0 Å². The van der Waals surface area contributed by atoms with Gasteiger partial charge in [-0.05, 0) is 46.5 Å². The van der Waals surface area contributed by atoms with Gasteiger partial charge in [-0.15, -0.1) is 0 Å². The highest BCUT2D eigenvalue weighted by Gasteiger charge is 2.38. The zero-order chi connectivity index (χ0) is 18.9. The number of hydrogen-bond donors (Lipinski definition) is 0. The second-order valence-corrected chi connectivity index (χ2v) is 8.39. The summed E-state index contributed by atoms with van der Waals surface area (Å²) < 4.78 is 7.40. The first-order chi connectivity index (χ1) is 12.2. The van der Waals surface area contributed by atoms with Crippen LogP contribution in [-0.4, -0.2) is 56.1 Å². The summed E-state index contributed by atoms with van der Waals surface area (Å²) in [5.74, 6) is 1.10. The van der Waals surface area contributed by atoms with Gasteiger partial charge in [-0.3, -0.25) is 4.79 Å². The van der Waals surface area contributed by atoms with Gasteiger partial charge in [0.05, 0.1) is 6.54 Å². The Balaban J connectivity index is 1.56. The average Bonchev–Trinajstić information content (AvgIpc) is 3.33. The molecule has 0 atom stereocenters. The Morgan fingerprint density at radius 1 is 1.23 bits per heavy atom. The van der Waals surface area contributed by atoms with Gasteiger partial charge in [0.1, 0.15) is 11.4 Å². The number of amides is 2. The molecule has 144 valence electrons. The molecule has 0 radical (unpaired) electrons. The molecule has 1 aromatic rings. The fourth-order valence-electron chi connectivity index (χ4n) is 3.34. The Morgan fingerprint density at radius 2 is 1.88 bits per heavy atom. The van der Waals surface area contributed by atoms with Crippen molar-refractivity contribution < 1.29 is 14.3 Å². The SMILES string of the molecule is Cn1ccnc1CN(C(=O)C1CCN(C(=O)OC(C)(C)C)CC1)C1CC1. The Hall–Kier alpha value is -2.05. The number of piperidine rings is 1. The summed E-state index contributed by atoms with van der Waals surface area (Å²) in [4.78, 5) is 33.3. The molecule has 7 heteroatoms. The predicted octanol–water partition coefficient (Wildman–Crippen LogP) is 2.56. The Bertz CT molecular complexity index is 652. The molecule has 2 fully saturated rings. The number of carbonyl (C=O) groups is 2. The van der Waals surface area contributed by atoms with Crippen LogP contribution in [0, 0.1) is 5.92 Å². The lowest BCUT2D eigenvalue weighted by Gasteiger charge is -2.35. The summed E-state index contributed by atoms with van der Waals surface area (Å²) in [6.07, 6.45) is 6.94. The van der Waals surface area contributed by atoms with Crippen LogP contribution < -0.4 is 0 Å². The van der Waals surface area contributed by atoms with Gasteiger partial charge in [-0.25, -0.2) is 9.78 Å². The van der Waals surface area contributed by atoms with Crippen LogP contribution in [-0.2, 0) is 23.1 Å². The first-order valence-corrected chi connectivity index (χ1v) is 9.49. The van der Waals surface area contributed by atoms with Crippen LogP contribution in [0.25, 0.3) is 0 Å². The van der Waals surface area contributed by atoms with E-state index in [0.717, 1.165) is 18.7 Å². The molecule has 1 aliphatic heterocycles. The Kier molecular flexibility index (Phi) is 5.25. The zero-order valence-electron chi connectivity index (χ0n) is 16.3. The van der Waals surface area contributed by atoms with Crippen LogP contribution in [0.3, 0.4) is 0 Å². The molecule has 26 heavy (non-hydrogen) atoms. The maximum atomic E-state index is 13.1. The van der Waals surface area contributed by atoms with Gasteiger partial charge >= 0.3 is 6.09 Å². The normalized spacial score (nSPS) is 18.7.